The molecule has 1 rings (SSSR count). The first-order chi connectivity index (χ1) is 9.04. The van der Waals surface area contributed by atoms with Crippen LogP contribution in [-0.4, -0.2) is 54.4 Å². The van der Waals surface area contributed by atoms with Gasteiger partial charge in [0, 0.05) is 18.6 Å². The summed E-state index contributed by atoms with van der Waals surface area (Å²) in [5, 5.41) is 14.3. The van der Waals surface area contributed by atoms with Crippen LogP contribution in [0.15, 0.2) is 0 Å². The molecule has 0 bridgehead atoms. The lowest BCUT2D eigenvalue weighted by atomic mass is 10.0. The molecule has 0 aliphatic carbocycles. The van der Waals surface area contributed by atoms with Gasteiger partial charge in [-0.25, -0.2) is 9.59 Å². The van der Waals surface area contributed by atoms with Crippen LogP contribution in [0.5, 0.6) is 0 Å². The Hall–Kier alpha value is -0.950. The molecule has 2 amide bonds. The van der Waals surface area contributed by atoms with Crippen LogP contribution in [0.2, 0.25) is 0 Å². The normalized spacial score (nSPS) is 21.7. The zero-order valence-electron chi connectivity index (χ0n) is 11.3. The first-order valence-corrected chi connectivity index (χ1v) is 7.80. The van der Waals surface area contributed by atoms with Crippen molar-refractivity contribution in [2.24, 2.45) is 5.92 Å². The van der Waals surface area contributed by atoms with Crippen LogP contribution < -0.4 is 10.6 Å². The van der Waals surface area contributed by atoms with E-state index in [2.05, 4.69) is 10.6 Å². The molecular formula is C12H22N2O4S. The fourth-order valence-corrected chi connectivity index (χ4v) is 2.44. The second-order valence-corrected chi connectivity index (χ2v) is 5.69. The third kappa shape index (κ3) is 5.69. The van der Waals surface area contributed by atoms with E-state index in [9.17, 15) is 9.59 Å². The molecule has 6 nitrogen and oxygen atoms in total. The number of hydrogen-bond acceptors (Lipinski definition) is 4. The summed E-state index contributed by atoms with van der Waals surface area (Å²) < 4.78 is 5.26. The van der Waals surface area contributed by atoms with Crippen LogP contribution in [0.4, 0.5) is 4.79 Å². The Morgan fingerprint density at radius 2 is 2.21 bits per heavy atom. The number of aliphatic carboxylic acids is 1. The van der Waals surface area contributed by atoms with Crippen molar-refractivity contribution in [3.8, 4) is 0 Å². The van der Waals surface area contributed by atoms with E-state index in [1.807, 2.05) is 13.2 Å². The number of carboxylic acids is 1. The Bertz CT molecular complexity index is 308. The number of rotatable bonds is 7. The number of ether oxygens (including phenoxy) is 1. The Morgan fingerprint density at radius 1 is 1.47 bits per heavy atom. The molecule has 1 fully saturated rings. The lowest BCUT2D eigenvalue weighted by Crippen LogP contribution is -2.50. The Balaban J connectivity index is 2.36. The van der Waals surface area contributed by atoms with E-state index >= 15 is 0 Å². The van der Waals surface area contributed by atoms with Crippen LogP contribution in [0.3, 0.4) is 0 Å². The lowest BCUT2D eigenvalue weighted by molar-refractivity contribution is -0.139. The van der Waals surface area contributed by atoms with Crippen LogP contribution >= 0.6 is 11.8 Å². The van der Waals surface area contributed by atoms with E-state index in [1.165, 1.54) is 0 Å². The fourth-order valence-electron chi connectivity index (χ4n) is 1.96. The highest BCUT2D eigenvalue weighted by Crippen LogP contribution is 2.16. The summed E-state index contributed by atoms with van der Waals surface area (Å²) in [6, 6.07) is -1.27. The number of carboxylic acid groups (broad SMARTS) is 1. The van der Waals surface area contributed by atoms with Gasteiger partial charge in [0.1, 0.15) is 6.04 Å². The van der Waals surface area contributed by atoms with Crippen LogP contribution in [0, 0.1) is 5.92 Å². The van der Waals surface area contributed by atoms with Gasteiger partial charge in [0.15, 0.2) is 0 Å². The van der Waals surface area contributed by atoms with Gasteiger partial charge in [-0.1, -0.05) is 0 Å². The van der Waals surface area contributed by atoms with Gasteiger partial charge in [0.2, 0.25) is 0 Å². The van der Waals surface area contributed by atoms with E-state index in [0.29, 0.717) is 24.7 Å². The van der Waals surface area contributed by atoms with Gasteiger partial charge in [-0.15, -0.1) is 0 Å². The fraction of sp³-hybridized carbons (Fsp3) is 0.833. The zero-order valence-corrected chi connectivity index (χ0v) is 12.2. The number of thioether (sulfide) groups is 1. The summed E-state index contributed by atoms with van der Waals surface area (Å²) in [4.78, 5) is 22.8. The van der Waals surface area contributed by atoms with Gasteiger partial charge in [-0.3, -0.25) is 0 Å². The molecule has 1 saturated heterocycles. The Morgan fingerprint density at radius 3 is 2.74 bits per heavy atom. The summed E-state index contributed by atoms with van der Waals surface area (Å²) in [5.41, 5.74) is 0. The van der Waals surface area contributed by atoms with Crippen LogP contribution in [-0.2, 0) is 9.53 Å². The van der Waals surface area contributed by atoms with Crippen molar-refractivity contribution < 1.29 is 19.4 Å². The molecule has 1 aliphatic heterocycles. The summed E-state index contributed by atoms with van der Waals surface area (Å²) in [6.45, 7) is 3.29. The van der Waals surface area contributed by atoms with E-state index in [4.69, 9.17) is 9.84 Å². The standard InChI is InChI=1S/C12H22N2O4S/c1-8(9-3-5-18-7-9)13-12(17)14-10(11(15)16)4-6-19-2/h8-10H,3-7H2,1-2H3,(H,15,16)(H2,13,14,17)/t8?,9?,10-/m0/s1. The first kappa shape index (κ1) is 16.1. The monoisotopic (exact) mass is 290 g/mol. The summed E-state index contributed by atoms with van der Waals surface area (Å²) in [7, 11) is 0. The highest BCUT2D eigenvalue weighted by Gasteiger charge is 2.25. The molecule has 0 saturated carbocycles. The van der Waals surface area contributed by atoms with Crippen molar-refractivity contribution in [1.82, 2.24) is 10.6 Å². The van der Waals surface area contributed by atoms with Crippen LogP contribution in [0.25, 0.3) is 0 Å². The SMILES string of the molecule is CSCC[C@H](NC(=O)NC(C)C1CCOC1)C(=O)O. The summed E-state index contributed by atoms with van der Waals surface area (Å²) in [5.74, 6) is 0.00442. The number of nitrogens with one attached hydrogen (secondary N) is 2. The maximum atomic E-state index is 11.8. The van der Waals surface area contributed by atoms with Crippen molar-refractivity contribution in [2.45, 2.75) is 31.8 Å². The molecule has 1 heterocycles. The summed E-state index contributed by atoms with van der Waals surface area (Å²) in [6.07, 6.45) is 3.25. The third-order valence-electron chi connectivity index (χ3n) is 3.24. The maximum Gasteiger partial charge on any atom is 0.326 e. The highest BCUT2D eigenvalue weighted by atomic mass is 32.2. The molecule has 3 atom stereocenters. The van der Waals surface area contributed by atoms with Crippen molar-refractivity contribution in [1.29, 1.82) is 0 Å². The molecule has 2 unspecified atom stereocenters. The Kier molecular flexibility index (Phi) is 7.01. The van der Waals surface area contributed by atoms with E-state index in [0.717, 1.165) is 13.0 Å². The molecule has 0 radical (unpaired) electrons. The Labute approximate surface area is 117 Å². The predicted octanol–water partition coefficient (Wildman–Crippen LogP) is 0.917. The number of carbonyl (C=O) groups is 2. The second kappa shape index (κ2) is 8.27. The van der Waals surface area contributed by atoms with Gasteiger partial charge in [0.05, 0.1) is 6.61 Å². The minimum atomic E-state index is -0.999. The van der Waals surface area contributed by atoms with Crippen molar-refractivity contribution >= 4 is 23.8 Å². The molecule has 110 valence electrons. The molecule has 0 aromatic rings. The molecule has 0 spiro atoms. The molecule has 0 aromatic heterocycles. The number of hydrogen-bond donors (Lipinski definition) is 3. The van der Waals surface area contributed by atoms with Gasteiger partial charge in [0.25, 0.3) is 0 Å². The average Bonchev–Trinajstić information content (AvgIpc) is 2.87. The highest BCUT2D eigenvalue weighted by molar-refractivity contribution is 7.98. The lowest BCUT2D eigenvalue weighted by Gasteiger charge is -2.21. The smallest absolute Gasteiger partial charge is 0.326 e. The number of amides is 2. The molecular weight excluding hydrogens is 268 g/mol. The van der Waals surface area contributed by atoms with Gasteiger partial charge < -0.3 is 20.5 Å². The zero-order chi connectivity index (χ0) is 14.3. The van der Waals surface area contributed by atoms with E-state index in [1.54, 1.807) is 11.8 Å². The third-order valence-corrected chi connectivity index (χ3v) is 3.89. The molecule has 3 N–H and O–H groups in total. The van der Waals surface area contributed by atoms with E-state index in [-0.39, 0.29) is 6.04 Å². The quantitative estimate of drug-likeness (QED) is 0.649. The van der Waals surface area contributed by atoms with Gasteiger partial charge in [-0.05, 0) is 31.8 Å². The van der Waals surface area contributed by atoms with Crippen molar-refractivity contribution in [2.75, 3.05) is 25.2 Å². The molecule has 0 aromatic carbocycles. The summed E-state index contributed by atoms with van der Waals surface area (Å²) >= 11 is 1.56. The van der Waals surface area contributed by atoms with Crippen molar-refractivity contribution in [3.63, 3.8) is 0 Å². The average molecular weight is 290 g/mol. The largest absolute Gasteiger partial charge is 0.480 e. The number of urea groups is 1. The van der Waals surface area contributed by atoms with Crippen LogP contribution in [0.1, 0.15) is 19.8 Å². The second-order valence-electron chi connectivity index (χ2n) is 4.70. The van der Waals surface area contributed by atoms with E-state index < -0.39 is 18.0 Å². The topological polar surface area (TPSA) is 87.7 Å². The maximum absolute atomic E-state index is 11.8. The first-order valence-electron chi connectivity index (χ1n) is 6.41. The molecule has 7 heteroatoms. The van der Waals surface area contributed by atoms with Gasteiger partial charge >= 0.3 is 12.0 Å². The molecule has 1 aliphatic rings. The minimum absolute atomic E-state index is 0.0162. The minimum Gasteiger partial charge on any atom is -0.480 e. The van der Waals surface area contributed by atoms with Crippen molar-refractivity contribution in [3.05, 3.63) is 0 Å². The van der Waals surface area contributed by atoms with Gasteiger partial charge in [-0.2, -0.15) is 11.8 Å². The predicted molar refractivity (Wildman–Crippen MR) is 74.5 cm³/mol. The molecule has 19 heavy (non-hydrogen) atoms. The number of carbonyl (C=O) groups excluding carboxylic acids is 1.